The van der Waals surface area contributed by atoms with Gasteiger partial charge in [0.05, 0.1) is 23.4 Å². The maximum absolute atomic E-state index is 13.0. The fourth-order valence-electron chi connectivity index (χ4n) is 4.05. The normalized spacial score (nSPS) is 21.0. The molecule has 3 atom stereocenters. The van der Waals surface area contributed by atoms with E-state index in [1.165, 1.54) is 0 Å². The summed E-state index contributed by atoms with van der Waals surface area (Å²) >= 11 is 0. The molecule has 0 bridgehead atoms. The smallest absolute Gasteiger partial charge is 0.224 e. The van der Waals surface area contributed by atoms with Crippen molar-refractivity contribution in [2.45, 2.75) is 25.3 Å². The van der Waals surface area contributed by atoms with E-state index in [-0.39, 0.29) is 17.9 Å². The van der Waals surface area contributed by atoms with Gasteiger partial charge < -0.3 is 16.0 Å². The van der Waals surface area contributed by atoms with Gasteiger partial charge in [0.25, 0.3) is 0 Å². The molecule has 1 aromatic heterocycles. The Morgan fingerprint density at radius 2 is 2.04 bits per heavy atom. The fraction of sp³-hybridized carbons (Fsp3) is 0.333. The first kappa shape index (κ1) is 16.8. The molecule has 0 spiro atoms. The molecule has 4 rings (SSSR count). The number of fused-ring (bicyclic) bond motifs is 1. The number of nitrogens with one attached hydrogen (secondary N) is 2. The van der Waals surface area contributed by atoms with Crippen molar-refractivity contribution in [1.29, 1.82) is 0 Å². The SMILES string of the molecule is NC[C@H]1CCC[C@H]1C(=O)NC(c1ccccc1)c1ccc2nc[nH]c2c1. The van der Waals surface area contributed by atoms with E-state index >= 15 is 0 Å². The maximum atomic E-state index is 13.0. The Morgan fingerprint density at radius 1 is 1.19 bits per heavy atom. The van der Waals surface area contributed by atoms with E-state index in [0.717, 1.165) is 41.4 Å². The van der Waals surface area contributed by atoms with Crippen molar-refractivity contribution in [3.05, 3.63) is 66.0 Å². The third-order valence-corrected chi connectivity index (χ3v) is 5.50. The van der Waals surface area contributed by atoms with Gasteiger partial charge in [-0.15, -0.1) is 0 Å². The molecule has 1 heterocycles. The van der Waals surface area contributed by atoms with Crippen LogP contribution in [-0.4, -0.2) is 22.4 Å². The van der Waals surface area contributed by atoms with Gasteiger partial charge in [0.1, 0.15) is 0 Å². The molecule has 1 fully saturated rings. The minimum Gasteiger partial charge on any atom is -0.345 e. The number of aromatic amines is 1. The van der Waals surface area contributed by atoms with Crippen LogP contribution in [0.5, 0.6) is 0 Å². The van der Waals surface area contributed by atoms with Crippen molar-refractivity contribution in [1.82, 2.24) is 15.3 Å². The highest BCUT2D eigenvalue weighted by atomic mass is 16.2. The Bertz CT molecular complexity index is 889. The molecule has 1 amide bonds. The highest BCUT2D eigenvalue weighted by Crippen LogP contribution is 2.32. The third kappa shape index (κ3) is 3.22. The second kappa shape index (κ2) is 7.30. The second-order valence-corrected chi connectivity index (χ2v) is 7.06. The van der Waals surface area contributed by atoms with Crippen LogP contribution in [0.2, 0.25) is 0 Å². The van der Waals surface area contributed by atoms with Crippen LogP contribution in [-0.2, 0) is 4.79 Å². The van der Waals surface area contributed by atoms with E-state index in [2.05, 4.69) is 33.5 Å². The zero-order valence-corrected chi connectivity index (χ0v) is 14.7. The molecule has 1 aliphatic rings. The average Bonchev–Trinajstić information content (AvgIpc) is 3.34. The Labute approximate surface area is 153 Å². The summed E-state index contributed by atoms with van der Waals surface area (Å²) in [6.07, 6.45) is 4.74. The molecular weight excluding hydrogens is 324 g/mol. The standard InChI is InChI=1S/C21H24N4O/c22-12-16-7-4-8-17(16)21(26)25-20(14-5-2-1-3-6-14)15-9-10-18-19(11-15)24-13-23-18/h1-3,5-6,9-11,13,16-17,20H,4,7-8,12,22H2,(H,23,24)(H,25,26)/t16-,17-,20?/m1/s1. The number of benzene rings is 2. The molecule has 1 unspecified atom stereocenters. The molecule has 3 aromatic rings. The van der Waals surface area contributed by atoms with E-state index in [9.17, 15) is 4.79 Å². The summed E-state index contributed by atoms with van der Waals surface area (Å²) < 4.78 is 0. The van der Waals surface area contributed by atoms with Crippen LogP contribution in [0.3, 0.4) is 0 Å². The van der Waals surface area contributed by atoms with E-state index in [4.69, 9.17) is 5.73 Å². The number of aromatic nitrogens is 2. The number of nitrogens with zero attached hydrogens (tertiary/aromatic N) is 1. The van der Waals surface area contributed by atoms with Gasteiger partial charge in [-0.3, -0.25) is 4.79 Å². The van der Waals surface area contributed by atoms with E-state index in [1.807, 2.05) is 30.3 Å². The first-order valence-corrected chi connectivity index (χ1v) is 9.24. The molecule has 5 nitrogen and oxygen atoms in total. The summed E-state index contributed by atoms with van der Waals surface area (Å²) in [5.41, 5.74) is 9.88. The van der Waals surface area contributed by atoms with Crippen molar-refractivity contribution in [2.24, 2.45) is 17.6 Å². The minimum atomic E-state index is -0.185. The van der Waals surface area contributed by atoms with E-state index in [1.54, 1.807) is 6.33 Å². The third-order valence-electron chi connectivity index (χ3n) is 5.50. The second-order valence-electron chi connectivity index (χ2n) is 7.06. The lowest BCUT2D eigenvalue weighted by atomic mass is 9.93. The molecule has 0 aliphatic heterocycles. The van der Waals surface area contributed by atoms with Crippen molar-refractivity contribution >= 4 is 16.9 Å². The van der Waals surface area contributed by atoms with Crippen molar-refractivity contribution < 1.29 is 4.79 Å². The number of carbonyl (C=O) groups is 1. The van der Waals surface area contributed by atoms with Crippen LogP contribution < -0.4 is 11.1 Å². The van der Waals surface area contributed by atoms with Crippen molar-refractivity contribution in [3.8, 4) is 0 Å². The topological polar surface area (TPSA) is 83.8 Å². The van der Waals surface area contributed by atoms with Crippen LogP contribution in [0.15, 0.2) is 54.9 Å². The lowest BCUT2D eigenvalue weighted by Crippen LogP contribution is -2.37. The first-order chi connectivity index (χ1) is 12.8. The molecule has 26 heavy (non-hydrogen) atoms. The molecule has 134 valence electrons. The Morgan fingerprint density at radius 3 is 2.85 bits per heavy atom. The predicted molar refractivity (Wildman–Crippen MR) is 102 cm³/mol. The highest BCUT2D eigenvalue weighted by molar-refractivity contribution is 5.81. The van der Waals surface area contributed by atoms with Gasteiger partial charge in [-0.1, -0.05) is 42.8 Å². The van der Waals surface area contributed by atoms with Gasteiger partial charge in [0.2, 0.25) is 5.91 Å². The molecule has 2 aromatic carbocycles. The summed E-state index contributed by atoms with van der Waals surface area (Å²) in [5, 5.41) is 3.28. The van der Waals surface area contributed by atoms with Gasteiger partial charge in [-0.05, 0) is 48.6 Å². The zero-order valence-electron chi connectivity index (χ0n) is 14.7. The van der Waals surface area contributed by atoms with E-state index in [0.29, 0.717) is 12.5 Å². The number of H-pyrrole nitrogens is 1. The Kier molecular flexibility index (Phi) is 4.71. The Balaban J connectivity index is 1.66. The number of imidazole rings is 1. The lowest BCUT2D eigenvalue weighted by Gasteiger charge is -2.24. The number of hydrogen-bond donors (Lipinski definition) is 3. The maximum Gasteiger partial charge on any atom is 0.224 e. The number of hydrogen-bond acceptors (Lipinski definition) is 3. The first-order valence-electron chi connectivity index (χ1n) is 9.24. The van der Waals surface area contributed by atoms with Gasteiger partial charge in [0.15, 0.2) is 0 Å². The lowest BCUT2D eigenvalue weighted by molar-refractivity contribution is -0.126. The minimum absolute atomic E-state index is 0.0158. The molecule has 5 heteroatoms. The largest absolute Gasteiger partial charge is 0.345 e. The highest BCUT2D eigenvalue weighted by Gasteiger charge is 2.33. The predicted octanol–water partition coefficient (Wildman–Crippen LogP) is 3.14. The van der Waals surface area contributed by atoms with Gasteiger partial charge in [0, 0.05) is 5.92 Å². The molecule has 1 saturated carbocycles. The molecule has 4 N–H and O–H groups in total. The van der Waals surface area contributed by atoms with Gasteiger partial charge >= 0.3 is 0 Å². The van der Waals surface area contributed by atoms with Gasteiger partial charge in [-0.2, -0.15) is 0 Å². The van der Waals surface area contributed by atoms with E-state index < -0.39 is 0 Å². The average molecular weight is 348 g/mol. The quantitative estimate of drug-likeness (QED) is 0.662. The Hall–Kier alpha value is -2.66. The molecule has 0 saturated heterocycles. The summed E-state index contributed by atoms with van der Waals surface area (Å²) in [4.78, 5) is 20.4. The van der Waals surface area contributed by atoms with Crippen molar-refractivity contribution in [2.75, 3.05) is 6.54 Å². The van der Waals surface area contributed by atoms with Crippen LogP contribution >= 0.6 is 0 Å². The van der Waals surface area contributed by atoms with Crippen LogP contribution in [0.4, 0.5) is 0 Å². The van der Waals surface area contributed by atoms with Gasteiger partial charge in [-0.25, -0.2) is 4.98 Å². The number of carbonyl (C=O) groups excluding carboxylic acids is 1. The van der Waals surface area contributed by atoms with Crippen molar-refractivity contribution in [3.63, 3.8) is 0 Å². The van der Waals surface area contributed by atoms with Crippen LogP contribution in [0.25, 0.3) is 11.0 Å². The number of nitrogens with two attached hydrogens (primary N) is 1. The monoisotopic (exact) mass is 348 g/mol. The molecular formula is C21H24N4O. The zero-order chi connectivity index (χ0) is 17.9. The summed E-state index contributed by atoms with van der Waals surface area (Å²) in [7, 11) is 0. The fourth-order valence-corrected chi connectivity index (χ4v) is 4.05. The number of amides is 1. The summed E-state index contributed by atoms with van der Waals surface area (Å²) in [6.45, 7) is 0.578. The van der Waals surface area contributed by atoms with Crippen LogP contribution in [0.1, 0.15) is 36.4 Å². The molecule has 0 radical (unpaired) electrons. The van der Waals surface area contributed by atoms with Crippen LogP contribution in [0, 0.1) is 11.8 Å². The number of rotatable bonds is 5. The summed E-state index contributed by atoms with van der Waals surface area (Å²) in [5.74, 6) is 0.417. The summed E-state index contributed by atoms with van der Waals surface area (Å²) in [6, 6.07) is 16.0. The molecule has 1 aliphatic carbocycles.